The Bertz CT molecular complexity index is 517. The van der Waals surface area contributed by atoms with Crippen LogP contribution in [0, 0.1) is 12.7 Å². The van der Waals surface area contributed by atoms with Crippen molar-refractivity contribution in [2.45, 2.75) is 6.92 Å². The summed E-state index contributed by atoms with van der Waals surface area (Å²) in [5.74, 6) is -0.307. The molecule has 0 fully saturated rings. The predicted octanol–water partition coefficient (Wildman–Crippen LogP) is 5.22. The molecule has 2 aromatic carbocycles. The maximum absolute atomic E-state index is 13.7. The van der Waals surface area contributed by atoms with Crippen LogP contribution >= 0.6 is 27.5 Å². The summed E-state index contributed by atoms with van der Waals surface area (Å²) >= 11 is 9.44. The van der Waals surface area contributed by atoms with E-state index in [0.29, 0.717) is 10.6 Å². The Kier molecular flexibility index (Phi) is 3.31. The Morgan fingerprint density at radius 2 is 1.94 bits per heavy atom. The van der Waals surface area contributed by atoms with Gasteiger partial charge in [-0.25, -0.2) is 4.39 Å². The Morgan fingerprint density at radius 3 is 2.62 bits per heavy atom. The van der Waals surface area contributed by atoms with E-state index in [2.05, 4.69) is 15.9 Å². The van der Waals surface area contributed by atoms with Crippen molar-refractivity contribution in [1.82, 2.24) is 0 Å². The molecule has 0 N–H and O–H groups in total. The summed E-state index contributed by atoms with van der Waals surface area (Å²) < 4.78 is 14.6. The summed E-state index contributed by atoms with van der Waals surface area (Å²) in [6.07, 6.45) is 0. The zero-order valence-corrected chi connectivity index (χ0v) is 10.9. The monoisotopic (exact) mass is 298 g/mol. The minimum absolute atomic E-state index is 0.307. The quantitative estimate of drug-likeness (QED) is 0.677. The number of halogens is 3. The summed E-state index contributed by atoms with van der Waals surface area (Å²) in [6, 6.07) is 10.5. The van der Waals surface area contributed by atoms with Crippen LogP contribution in [-0.2, 0) is 0 Å². The van der Waals surface area contributed by atoms with Crippen molar-refractivity contribution >= 4 is 27.5 Å². The van der Waals surface area contributed by atoms with E-state index in [1.54, 1.807) is 12.1 Å². The van der Waals surface area contributed by atoms with Gasteiger partial charge in [0.2, 0.25) is 0 Å². The third-order valence-electron chi connectivity index (χ3n) is 2.35. The van der Waals surface area contributed by atoms with Crippen molar-refractivity contribution in [2.24, 2.45) is 0 Å². The zero-order valence-electron chi connectivity index (χ0n) is 8.60. The second kappa shape index (κ2) is 4.56. The molecule has 0 aliphatic rings. The molecule has 0 amide bonds. The molecule has 3 heteroatoms. The van der Waals surface area contributed by atoms with Crippen molar-refractivity contribution in [3.05, 3.63) is 57.3 Å². The van der Waals surface area contributed by atoms with Gasteiger partial charge in [-0.2, -0.15) is 0 Å². The molecular formula is C13H9BrClF. The molecule has 0 heterocycles. The molecule has 0 radical (unpaired) electrons. The first-order valence-corrected chi connectivity index (χ1v) is 5.97. The first-order valence-electron chi connectivity index (χ1n) is 4.80. The second-order valence-electron chi connectivity index (χ2n) is 3.58. The van der Waals surface area contributed by atoms with Gasteiger partial charge in [0, 0.05) is 15.6 Å². The van der Waals surface area contributed by atoms with Gasteiger partial charge in [0.15, 0.2) is 0 Å². The van der Waals surface area contributed by atoms with Crippen LogP contribution in [0.3, 0.4) is 0 Å². The predicted molar refractivity (Wildman–Crippen MR) is 69.3 cm³/mol. The third kappa shape index (κ3) is 2.13. The molecular weight excluding hydrogens is 290 g/mol. The maximum atomic E-state index is 13.7. The van der Waals surface area contributed by atoms with Gasteiger partial charge < -0.3 is 0 Å². The Balaban J connectivity index is 2.72. The van der Waals surface area contributed by atoms with Gasteiger partial charge in [-0.05, 0) is 25.1 Å². The van der Waals surface area contributed by atoms with E-state index in [1.165, 1.54) is 6.07 Å². The summed E-state index contributed by atoms with van der Waals surface area (Å²) in [7, 11) is 0. The molecule has 0 nitrogen and oxygen atoms in total. The lowest BCUT2D eigenvalue weighted by Gasteiger charge is -2.09. The number of rotatable bonds is 1. The van der Waals surface area contributed by atoms with E-state index in [-0.39, 0.29) is 5.82 Å². The Morgan fingerprint density at radius 1 is 1.19 bits per heavy atom. The van der Waals surface area contributed by atoms with Crippen LogP contribution in [0.1, 0.15) is 5.56 Å². The van der Waals surface area contributed by atoms with E-state index < -0.39 is 0 Å². The van der Waals surface area contributed by atoms with Crippen LogP contribution in [0.5, 0.6) is 0 Å². The van der Waals surface area contributed by atoms with Gasteiger partial charge in [-0.15, -0.1) is 0 Å². The molecule has 2 aromatic rings. The highest BCUT2D eigenvalue weighted by Gasteiger charge is 2.12. The van der Waals surface area contributed by atoms with Crippen LogP contribution < -0.4 is 0 Å². The lowest BCUT2D eigenvalue weighted by Crippen LogP contribution is -1.88. The largest absolute Gasteiger partial charge is 0.206 e. The number of hydrogen-bond acceptors (Lipinski definition) is 0. The standard InChI is InChI=1S/C13H9BrClF/c1-8-5-6-10(14)9(7-8)13-11(15)3-2-4-12(13)16/h2-7H,1H3. The first-order chi connectivity index (χ1) is 7.59. The normalized spacial score (nSPS) is 10.5. The number of aryl methyl sites for hydroxylation is 1. The molecule has 0 unspecified atom stereocenters. The fourth-order valence-electron chi connectivity index (χ4n) is 1.59. The van der Waals surface area contributed by atoms with Crippen LogP contribution in [-0.4, -0.2) is 0 Å². The fourth-order valence-corrected chi connectivity index (χ4v) is 2.30. The lowest BCUT2D eigenvalue weighted by atomic mass is 10.0. The van der Waals surface area contributed by atoms with Crippen molar-refractivity contribution in [3.8, 4) is 11.1 Å². The summed E-state index contributed by atoms with van der Waals surface area (Å²) in [6.45, 7) is 1.96. The zero-order chi connectivity index (χ0) is 11.7. The van der Waals surface area contributed by atoms with Crippen LogP contribution in [0.2, 0.25) is 5.02 Å². The summed E-state index contributed by atoms with van der Waals surface area (Å²) in [5.41, 5.74) is 2.29. The molecule has 0 spiro atoms. The van der Waals surface area contributed by atoms with Gasteiger partial charge in [0.25, 0.3) is 0 Å². The third-order valence-corrected chi connectivity index (χ3v) is 3.36. The fraction of sp³-hybridized carbons (Fsp3) is 0.0769. The molecule has 0 aliphatic heterocycles. The molecule has 0 saturated heterocycles. The number of hydrogen-bond donors (Lipinski definition) is 0. The molecule has 2 rings (SSSR count). The second-order valence-corrected chi connectivity index (χ2v) is 4.84. The van der Waals surface area contributed by atoms with Gasteiger partial charge in [0.1, 0.15) is 5.82 Å². The maximum Gasteiger partial charge on any atom is 0.132 e. The molecule has 0 atom stereocenters. The topological polar surface area (TPSA) is 0 Å². The van der Waals surface area contributed by atoms with E-state index in [4.69, 9.17) is 11.6 Å². The highest BCUT2D eigenvalue weighted by Crippen LogP contribution is 2.35. The van der Waals surface area contributed by atoms with Crippen LogP contribution in [0.15, 0.2) is 40.9 Å². The molecule has 0 aromatic heterocycles. The van der Waals surface area contributed by atoms with Crippen LogP contribution in [0.4, 0.5) is 4.39 Å². The van der Waals surface area contributed by atoms with E-state index >= 15 is 0 Å². The van der Waals surface area contributed by atoms with E-state index in [1.807, 2.05) is 25.1 Å². The molecule has 0 bridgehead atoms. The Labute approximate surface area is 107 Å². The molecule has 0 aliphatic carbocycles. The SMILES string of the molecule is Cc1ccc(Br)c(-c2c(F)cccc2Cl)c1. The molecule has 82 valence electrons. The van der Waals surface area contributed by atoms with Crippen molar-refractivity contribution in [2.75, 3.05) is 0 Å². The lowest BCUT2D eigenvalue weighted by molar-refractivity contribution is 0.631. The van der Waals surface area contributed by atoms with E-state index in [9.17, 15) is 4.39 Å². The average molecular weight is 300 g/mol. The highest BCUT2D eigenvalue weighted by molar-refractivity contribution is 9.10. The van der Waals surface area contributed by atoms with Gasteiger partial charge >= 0.3 is 0 Å². The minimum atomic E-state index is -0.307. The summed E-state index contributed by atoms with van der Waals surface area (Å²) in [5, 5.41) is 0.423. The van der Waals surface area contributed by atoms with Crippen molar-refractivity contribution < 1.29 is 4.39 Å². The van der Waals surface area contributed by atoms with Gasteiger partial charge in [-0.1, -0.05) is 51.3 Å². The van der Waals surface area contributed by atoms with E-state index in [0.717, 1.165) is 15.6 Å². The smallest absolute Gasteiger partial charge is 0.132 e. The average Bonchev–Trinajstić information content (AvgIpc) is 2.23. The summed E-state index contributed by atoms with van der Waals surface area (Å²) in [4.78, 5) is 0. The van der Waals surface area contributed by atoms with Gasteiger partial charge in [-0.3, -0.25) is 0 Å². The molecule has 16 heavy (non-hydrogen) atoms. The van der Waals surface area contributed by atoms with Gasteiger partial charge in [0.05, 0.1) is 5.02 Å². The van der Waals surface area contributed by atoms with Crippen molar-refractivity contribution in [3.63, 3.8) is 0 Å². The highest BCUT2D eigenvalue weighted by atomic mass is 79.9. The minimum Gasteiger partial charge on any atom is -0.206 e. The first kappa shape index (κ1) is 11.6. The molecule has 0 saturated carbocycles. The Hall–Kier alpha value is -0.860. The number of benzene rings is 2. The van der Waals surface area contributed by atoms with Crippen molar-refractivity contribution in [1.29, 1.82) is 0 Å². The van der Waals surface area contributed by atoms with Crippen LogP contribution in [0.25, 0.3) is 11.1 Å².